The smallest absolute Gasteiger partial charge is 0.166 e. The number of ether oxygens (including phenoxy) is 2. The molecule has 0 radical (unpaired) electrons. The van der Waals surface area contributed by atoms with Gasteiger partial charge < -0.3 is 9.47 Å². The summed E-state index contributed by atoms with van der Waals surface area (Å²) in [6.45, 7) is 2.07. The maximum absolute atomic E-state index is 6.05. The highest BCUT2D eigenvalue weighted by Crippen LogP contribution is 2.40. The molecule has 0 amide bonds. The van der Waals surface area contributed by atoms with Crippen molar-refractivity contribution in [3.63, 3.8) is 0 Å². The molecule has 2 nitrogen and oxygen atoms in total. The lowest BCUT2D eigenvalue weighted by Gasteiger charge is -2.26. The van der Waals surface area contributed by atoms with Crippen LogP contribution in [0.5, 0.6) is 0 Å². The molecule has 0 spiro atoms. The van der Waals surface area contributed by atoms with Crippen molar-refractivity contribution in [3.8, 4) is 0 Å². The van der Waals surface area contributed by atoms with Crippen molar-refractivity contribution < 1.29 is 9.47 Å². The average molecular weight is 218 g/mol. The summed E-state index contributed by atoms with van der Waals surface area (Å²) in [5, 5.41) is 0. The molecule has 86 valence electrons. The van der Waals surface area contributed by atoms with Crippen molar-refractivity contribution in [3.05, 3.63) is 35.9 Å². The zero-order chi connectivity index (χ0) is 11.0. The lowest BCUT2D eigenvalue weighted by Crippen LogP contribution is -2.30. The summed E-state index contributed by atoms with van der Waals surface area (Å²) in [4.78, 5) is 0. The molecule has 0 saturated carbocycles. The fraction of sp³-hybridized carbons (Fsp3) is 0.571. The quantitative estimate of drug-likeness (QED) is 0.760. The lowest BCUT2D eigenvalue weighted by molar-refractivity contribution is -0.179. The second-order valence-corrected chi connectivity index (χ2v) is 5.03. The Morgan fingerprint density at radius 2 is 2.06 bits per heavy atom. The second-order valence-electron chi connectivity index (χ2n) is 5.03. The van der Waals surface area contributed by atoms with E-state index < -0.39 is 0 Å². The van der Waals surface area contributed by atoms with E-state index in [0.717, 1.165) is 19.3 Å². The molecule has 2 bridgehead atoms. The minimum absolute atomic E-state index is 0.245. The first-order chi connectivity index (χ1) is 7.75. The molecule has 2 heterocycles. The summed E-state index contributed by atoms with van der Waals surface area (Å²) in [6, 6.07) is 10.5. The van der Waals surface area contributed by atoms with Crippen LogP contribution >= 0.6 is 0 Å². The summed E-state index contributed by atoms with van der Waals surface area (Å²) in [6.07, 6.45) is 4.93. The van der Waals surface area contributed by atoms with Crippen LogP contribution in [0.25, 0.3) is 0 Å². The summed E-state index contributed by atoms with van der Waals surface area (Å²) in [5.74, 6) is -0.303. The predicted octanol–water partition coefficient (Wildman–Crippen LogP) is 2.91. The Morgan fingerprint density at radius 1 is 1.25 bits per heavy atom. The van der Waals surface area contributed by atoms with Gasteiger partial charge in [-0.05, 0) is 25.3 Å². The van der Waals surface area contributed by atoms with E-state index in [9.17, 15) is 0 Å². The standard InChI is InChI=1S/C14H18O2/c1-14-9-5-8-12(15-14)13(16-14)10-11-6-3-2-4-7-11/h2-4,6-7,12-13H,5,8-10H2,1H3/t12-,13-,14-/m1/s1. The van der Waals surface area contributed by atoms with Crippen molar-refractivity contribution in [1.82, 2.24) is 0 Å². The van der Waals surface area contributed by atoms with Crippen LogP contribution in [0.4, 0.5) is 0 Å². The zero-order valence-electron chi connectivity index (χ0n) is 9.69. The van der Waals surface area contributed by atoms with Crippen LogP contribution in [0.3, 0.4) is 0 Å². The van der Waals surface area contributed by atoms with E-state index in [0.29, 0.717) is 6.10 Å². The van der Waals surface area contributed by atoms with Crippen LogP contribution in [0.15, 0.2) is 30.3 Å². The summed E-state index contributed by atoms with van der Waals surface area (Å²) in [5.41, 5.74) is 1.34. The maximum atomic E-state index is 6.05. The first-order valence-corrected chi connectivity index (χ1v) is 6.15. The fourth-order valence-corrected chi connectivity index (χ4v) is 2.83. The Kier molecular flexibility index (Phi) is 2.49. The third-order valence-corrected chi connectivity index (χ3v) is 3.62. The van der Waals surface area contributed by atoms with Gasteiger partial charge in [0, 0.05) is 12.8 Å². The van der Waals surface area contributed by atoms with Crippen molar-refractivity contribution in [2.24, 2.45) is 0 Å². The number of fused-ring (bicyclic) bond motifs is 2. The van der Waals surface area contributed by atoms with Gasteiger partial charge in [-0.15, -0.1) is 0 Å². The van der Waals surface area contributed by atoms with Gasteiger partial charge in [-0.25, -0.2) is 0 Å². The third kappa shape index (κ3) is 1.87. The minimum Gasteiger partial charge on any atom is -0.344 e. The Balaban J connectivity index is 1.73. The molecular formula is C14H18O2. The molecule has 2 aliphatic rings. The number of hydrogen-bond donors (Lipinski definition) is 0. The molecule has 0 unspecified atom stereocenters. The van der Waals surface area contributed by atoms with Gasteiger partial charge in [-0.1, -0.05) is 30.3 Å². The highest BCUT2D eigenvalue weighted by Gasteiger charge is 2.46. The largest absolute Gasteiger partial charge is 0.344 e. The molecule has 2 heteroatoms. The molecule has 2 saturated heterocycles. The van der Waals surface area contributed by atoms with Gasteiger partial charge in [0.25, 0.3) is 0 Å². The normalized spacial score (nSPS) is 37.6. The second kappa shape index (κ2) is 3.86. The number of hydrogen-bond acceptors (Lipinski definition) is 2. The number of rotatable bonds is 2. The molecule has 0 aliphatic carbocycles. The van der Waals surface area contributed by atoms with Gasteiger partial charge in [0.1, 0.15) is 0 Å². The molecule has 1 aromatic rings. The third-order valence-electron chi connectivity index (χ3n) is 3.62. The Morgan fingerprint density at radius 3 is 2.81 bits per heavy atom. The Bertz CT molecular complexity index is 362. The van der Waals surface area contributed by atoms with Crippen molar-refractivity contribution in [2.45, 2.75) is 50.6 Å². The topological polar surface area (TPSA) is 18.5 Å². The van der Waals surface area contributed by atoms with Crippen LogP contribution in [0.2, 0.25) is 0 Å². The van der Waals surface area contributed by atoms with Gasteiger partial charge in [0.05, 0.1) is 12.2 Å². The molecule has 3 rings (SSSR count). The molecule has 2 aliphatic heterocycles. The van der Waals surface area contributed by atoms with Gasteiger partial charge in [-0.3, -0.25) is 0 Å². The van der Waals surface area contributed by atoms with E-state index in [1.54, 1.807) is 0 Å². The predicted molar refractivity (Wildman–Crippen MR) is 62.1 cm³/mol. The first kappa shape index (κ1) is 10.3. The molecule has 1 aromatic carbocycles. The van der Waals surface area contributed by atoms with E-state index in [2.05, 4.69) is 37.3 Å². The zero-order valence-corrected chi connectivity index (χ0v) is 9.69. The van der Waals surface area contributed by atoms with Crippen LogP contribution in [-0.2, 0) is 15.9 Å². The Hall–Kier alpha value is -0.860. The fourth-order valence-electron chi connectivity index (χ4n) is 2.83. The van der Waals surface area contributed by atoms with E-state index in [1.807, 2.05) is 0 Å². The summed E-state index contributed by atoms with van der Waals surface area (Å²) < 4.78 is 12.0. The summed E-state index contributed by atoms with van der Waals surface area (Å²) in [7, 11) is 0. The van der Waals surface area contributed by atoms with E-state index in [1.165, 1.54) is 12.0 Å². The Labute approximate surface area is 96.6 Å². The molecule has 16 heavy (non-hydrogen) atoms. The van der Waals surface area contributed by atoms with E-state index in [4.69, 9.17) is 9.47 Å². The van der Waals surface area contributed by atoms with E-state index >= 15 is 0 Å². The van der Waals surface area contributed by atoms with Crippen molar-refractivity contribution in [2.75, 3.05) is 0 Å². The monoisotopic (exact) mass is 218 g/mol. The average Bonchev–Trinajstić information content (AvgIpc) is 2.50. The molecule has 0 aromatic heterocycles. The van der Waals surface area contributed by atoms with Crippen LogP contribution in [0.1, 0.15) is 31.7 Å². The number of benzene rings is 1. The minimum atomic E-state index is -0.303. The lowest BCUT2D eigenvalue weighted by atomic mass is 9.99. The molecular weight excluding hydrogens is 200 g/mol. The molecule has 0 N–H and O–H groups in total. The van der Waals surface area contributed by atoms with Gasteiger partial charge in [0.15, 0.2) is 5.79 Å². The van der Waals surface area contributed by atoms with E-state index in [-0.39, 0.29) is 11.9 Å². The SMILES string of the molecule is C[C@@]12CCC[C@@H](O1)[C@@H](Cc1ccccc1)O2. The van der Waals surface area contributed by atoms with Crippen LogP contribution in [-0.4, -0.2) is 18.0 Å². The summed E-state index contributed by atoms with van der Waals surface area (Å²) >= 11 is 0. The maximum Gasteiger partial charge on any atom is 0.166 e. The highest BCUT2D eigenvalue weighted by molar-refractivity contribution is 5.16. The highest BCUT2D eigenvalue weighted by atomic mass is 16.8. The van der Waals surface area contributed by atoms with Crippen molar-refractivity contribution >= 4 is 0 Å². The van der Waals surface area contributed by atoms with Crippen LogP contribution in [0, 0.1) is 0 Å². The molecule has 3 atom stereocenters. The van der Waals surface area contributed by atoms with Crippen LogP contribution < -0.4 is 0 Å². The first-order valence-electron chi connectivity index (χ1n) is 6.15. The van der Waals surface area contributed by atoms with Gasteiger partial charge in [-0.2, -0.15) is 0 Å². The van der Waals surface area contributed by atoms with Gasteiger partial charge >= 0.3 is 0 Å². The van der Waals surface area contributed by atoms with Crippen molar-refractivity contribution in [1.29, 1.82) is 0 Å². The molecule has 2 fully saturated rings. The van der Waals surface area contributed by atoms with Gasteiger partial charge in [0.2, 0.25) is 0 Å².